The van der Waals surface area contributed by atoms with Crippen LogP contribution in [0.15, 0.2) is 83.3 Å². The Balaban J connectivity index is 1.62. The predicted octanol–water partition coefficient (Wildman–Crippen LogP) is 5.24. The van der Waals surface area contributed by atoms with Crippen molar-refractivity contribution in [3.63, 3.8) is 0 Å². The first-order chi connectivity index (χ1) is 12.1. The van der Waals surface area contributed by atoms with Crippen molar-refractivity contribution >= 4 is 44.9 Å². The molecule has 0 radical (unpaired) electrons. The summed E-state index contributed by atoms with van der Waals surface area (Å²) in [6.45, 7) is 0. The van der Waals surface area contributed by atoms with Crippen LogP contribution in [0.1, 0.15) is 10.4 Å². The lowest BCUT2D eigenvalue weighted by Gasteiger charge is -2.10. The van der Waals surface area contributed by atoms with Gasteiger partial charge in [0, 0.05) is 15.7 Å². The molecule has 3 aromatic rings. The van der Waals surface area contributed by atoms with Gasteiger partial charge >= 0.3 is 0 Å². The van der Waals surface area contributed by atoms with Gasteiger partial charge in [0.2, 0.25) is 0 Å². The van der Waals surface area contributed by atoms with Crippen molar-refractivity contribution in [2.24, 2.45) is 0 Å². The molecule has 3 nitrogen and oxygen atoms in total. The van der Waals surface area contributed by atoms with Crippen molar-refractivity contribution < 1.29 is 4.79 Å². The maximum absolute atomic E-state index is 12.2. The number of carbonyl (C=O) groups is 1. The van der Waals surface area contributed by atoms with Crippen molar-refractivity contribution in [2.45, 2.75) is 0 Å². The third-order valence-electron chi connectivity index (χ3n) is 3.56. The number of carbonyl (C=O) groups excluding carboxylic acids is 1. The minimum Gasteiger partial charge on any atom is -0.332 e. The molecule has 0 heterocycles. The first-order valence-electron chi connectivity index (χ1n) is 7.65. The van der Waals surface area contributed by atoms with Gasteiger partial charge in [0.25, 0.3) is 5.91 Å². The van der Waals surface area contributed by atoms with Gasteiger partial charge < -0.3 is 5.32 Å². The lowest BCUT2D eigenvalue weighted by Crippen LogP contribution is -2.34. The molecule has 25 heavy (non-hydrogen) atoms. The average Bonchev–Trinajstić information content (AvgIpc) is 2.63. The van der Waals surface area contributed by atoms with Crippen molar-refractivity contribution in [2.75, 3.05) is 5.32 Å². The number of anilines is 1. The Hall–Kier alpha value is -2.50. The van der Waals surface area contributed by atoms with E-state index >= 15 is 0 Å². The van der Waals surface area contributed by atoms with Crippen LogP contribution in [0.25, 0.3) is 11.1 Å². The molecule has 3 rings (SSSR count). The number of amides is 1. The molecule has 0 fully saturated rings. The third kappa shape index (κ3) is 4.75. The topological polar surface area (TPSA) is 41.1 Å². The van der Waals surface area contributed by atoms with E-state index in [9.17, 15) is 4.79 Å². The quantitative estimate of drug-likeness (QED) is 0.579. The van der Waals surface area contributed by atoms with Gasteiger partial charge in [-0.3, -0.25) is 10.1 Å². The lowest BCUT2D eigenvalue weighted by molar-refractivity contribution is 0.0977. The van der Waals surface area contributed by atoms with Gasteiger partial charge in [-0.05, 0) is 53.7 Å². The van der Waals surface area contributed by atoms with Crippen LogP contribution < -0.4 is 10.6 Å². The van der Waals surface area contributed by atoms with Crippen molar-refractivity contribution in [3.05, 3.63) is 88.9 Å². The second kappa shape index (κ2) is 8.05. The standard InChI is InChI=1S/C20H15BrN2OS/c21-17-8-4-7-16(13-17)19(24)23-20(25)22-18-11-9-15(10-12-18)14-5-2-1-3-6-14/h1-13H,(H2,22,23,24,25). The van der Waals surface area contributed by atoms with Crippen LogP contribution in [0, 0.1) is 0 Å². The Morgan fingerprint density at radius 2 is 1.52 bits per heavy atom. The van der Waals surface area contributed by atoms with E-state index < -0.39 is 0 Å². The summed E-state index contributed by atoms with van der Waals surface area (Å²) in [5, 5.41) is 5.96. The van der Waals surface area contributed by atoms with E-state index in [1.807, 2.05) is 48.5 Å². The summed E-state index contributed by atoms with van der Waals surface area (Å²) in [5.74, 6) is -0.250. The number of nitrogens with one attached hydrogen (secondary N) is 2. The summed E-state index contributed by atoms with van der Waals surface area (Å²) in [7, 11) is 0. The van der Waals surface area contributed by atoms with E-state index in [1.165, 1.54) is 0 Å². The Labute approximate surface area is 160 Å². The number of halogens is 1. The van der Waals surface area contributed by atoms with Crippen LogP contribution in [0.3, 0.4) is 0 Å². The van der Waals surface area contributed by atoms with E-state index in [0.717, 1.165) is 21.3 Å². The second-order valence-corrected chi connectivity index (χ2v) is 6.69. The van der Waals surface area contributed by atoms with E-state index in [-0.39, 0.29) is 11.0 Å². The molecule has 1 amide bonds. The van der Waals surface area contributed by atoms with Crippen LogP contribution >= 0.6 is 28.1 Å². The van der Waals surface area contributed by atoms with E-state index in [4.69, 9.17) is 12.2 Å². The molecule has 0 unspecified atom stereocenters. The minimum atomic E-state index is -0.250. The van der Waals surface area contributed by atoms with Crippen LogP contribution in [0.2, 0.25) is 0 Å². The van der Waals surface area contributed by atoms with Gasteiger partial charge in [0.15, 0.2) is 5.11 Å². The molecule has 0 bridgehead atoms. The molecule has 0 atom stereocenters. The maximum Gasteiger partial charge on any atom is 0.257 e. The molecule has 0 saturated carbocycles. The number of hydrogen-bond donors (Lipinski definition) is 2. The summed E-state index contributed by atoms with van der Waals surface area (Å²) < 4.78 is 0.843. The monoisotopic (exact) mass is 410 g/mol. The van der Waals surface area contributed by atoms with E-state index in [2.05, 4.69) is 38.7 Å². The van der Waals surface area contributed by atoms with Gasteiger partial charge in [-0.2, -0.15) is 0 Å². The fourth-order valence-electron chi connectivity index (χ4n) is 2.34. The highest BCUT2D eigenvalue weighted by molar-refractivity contribution is 9.10. The molecule has 5 heteroatoms. The summed E-state index contributed by atoms with van der Waals surface area (Å²) in [6.07, 6.45) is 0. The van der Waals surface area contributed by atoms with Gasteiger partial charge in [-0.25, -0.2) is 0 Å². The zero-order valence-electron chi connectivity index (χ0n) is 13.2. The highest BCUT2D eigenvalue weighted by Gasteiger charge is 2.08. The third-order valence-corrected chi connectivity index (χ3v) is 4.26. The molecule has 0 aliphatic carbocycles. The largest absolute Gasteiger partial charge is 0.332 e. The van der Waals surface area contributed by atoms with Crippen molar-refractivity contribution in [1.82, 2.24) is 5.32 Å². The number of hydrogen-bond acceptors (Lipinski definition) is 2. The van der Waals surface area contributed by atoms with Gasteiger partial charge in [-0.1, -0.05) is 64.5 Å². The van der Waals surface area contributed by atoms with E-state index in [1.54, 1.807) is 18.2 Å². The molecular formula is C20H15BrN2OS. The van der Waals surface area contributed by atoms with Crippen LogP contribution in [-0.2, 0) is 0 Å². The Bertz CT molecular complexity index is 895. The van der Waals surface area contributed by atoms with E-state index in [0.29, 0.717) is 5.56 Å². The van der Waals surface area contributed by atoms with Crippen LogP contribution in [-0.4, -0.2) is 11.0 Å². The first-order valence-corrected chi connectivity index (χ1v) is 8.85. The molecule has 0 aromatic heterocycles. The van der Waals surface area contributed by atoms with Crippen molar-refractivity contribution in [1.29, 1.82) is 0 Å². The van der Waals surface area contributed by atoms with Gasteiger partial charge in [-0.15, -0.1) is 0 Å². The molecule has 3 aromatic carbocycles. The first kappa shape index (κ1) is 17.3. The molecule has 124 valence electrons. The van der Waals surface area contributed by atoms with Gasteiger partial charge in [0.05, 0.1) is 0 Å². The minimum absolute atomic E-state index is 0.250. The highest BCUT2D eigenvalue weighted by atomic mass is 79.9. The maximum atomic E-state index is 12.2. The summed E-state index contributed by atoms with van der Waals surface area (Å²) in [4.78, 5) is 12.2. The zero-order chi connectivity index (χ0) is 17.6. The SMILES string of the molecule is O=C(NC(=S)Nc1ccc(-c2ccccc2)cc1)c1cccc(Br)c1. The Morgan fingerprint density at radius 3 is 2.20 bits per heavy atom. The number of thiocarbonyl (C=S) groups is 1. The summed E-state index contributed by atoms with van der Waals surface area (Å²) in [5.41, 5.74) is 3.63. The Morgan fingerprint density at radius 1 is 0.840 bits per heavy atom. The molecule has 0 aliphatic heterocycles. The zero-order valence-corrected chi connectivity index (χ0v) is 15.6. The van der Waals surface area contributed by atoms with Crippen LogP contribution in [0.5, 0.6) is 0 Å². The van der Waals surface area contributed by atoms with Crippen LogP contribution in [0.4, 0.5) is 5.69 Å². The molecule has 0 aliphatic rings. The normalized spacial score (nSPS) is 10.1. The molecule has 2 N–H and O–H groups in total. The number of benzene rings is 3. The summed E-state index contributed by atoms with van der Waals surface area (Å²) in [6, 6.07) is 25.2. The highest BCUT2D eigenvalue weighted by Crippen LogP contribution is 2.21. The fourth-order valence-corrected chi connectivity index (χ4v) is 2.95. The average molecular weight is 411 g/mol. The van der Waals surface area contributed by atoms with Gasteiger partial charge in [0.1, 0.15) is 0 Å². The lowest BCUT2D eigenvalue weighted by atomic mass is 10.1. The number of rotatable bonds is 3. The fraction of sp³-hybridized carbons (Fsp3) is 0. The molecule has 0 saturated heterocycles. The molecular weight excluding hydrogens is 396 g/mol. The van der Waals surface area contributed by atoms with Crippen molar-refractivity contribution in [3.8, 4) is 11.1 Å². The Kier molecular flexibility index (Phi) is 5.58. The smallest absolute Gasteiger partial charge is 0.257 e. The predicted molar refractivity (Wildman–Crippen MR) is 110 cm³/mol. The summed E-state index contributed by atoms with van der Waals surface area (Å²) >= 11 is 8.56. The second-order valence-electron chi connectivity index (χ2n) is 5.36. The molecule has 0 spiro atoms.